The minimum absolute atomic E-state index is 0.0250. The molecule has 1 aromatic heterocycles. The number of carbonyl (C=O) groups is 1. The van der Waals surface area contributed by atoms with Crippen molar-refractivity contribution in [3.05, 3.63) is 11.9 Å². The molecule has 0 aromatic carbocycles. The van der Waals surface area contributed by atoms with E-state index in [2.05, 4.69) is 15.3 Å². The lowest BCUT2D eigenvalue weighted by molar-refractivity contribution is -0.118. The van der Waals surface area contributed by atoms with Crippen LogP contribution in [0.2, 0.25) is 0 Å². The number of hydrogen-bond acceptors (Lipinski definition) is 6. The van der Waals surface area contributed by atoms with Gasteiger partial charge in [0, 0.05) is 19.7 Å². The van der Waals surface area contributed by atoms with Gasteiger partial charge in [-0.3, -0.25) is 4.79 Å². The predicted molar refractivity (Wildman–Crippen MR) is 66.6 cm³/mol. The lowest BCUT2D eigenvalue weighted by Gasteiger charge is -2.05. The second-order valence-corrected chi connectivity index (χ2v) is 4.22. The van der Waals surface area contributed by atoms with Crippen LogP contribution in [0.25, 0.3) is 0 Å². The molecule has 0 saturated carbocycles. The minimum atomic E-state index is -0.0250. The molecule has 0 fully saturated rings. The van der Waals surface area contributed by atoms with Crippen LogP contribution < -0.4 is 11.1 Å². The molecule has 6 nitrogen and oxygen atoms in total. The fourth-order valence-corrected chi connectivity index (χ4v) is 1.90. The molecule has 1 amide bonds. The van der Waals surface area contributed by atoms with E-state index >= 15 is 0 Å². The average molecular weight is 256 g/mol. The molecule has 7 heteroatoms. The van der Waals surface area contributed by atoms with Gasteiger partial charge in [-0.05, 0) is 6.92 Å². The van der Waals surface area contributed by atoms with Gasteiger partial charge in [-0.25, -0.2) is 9.97 Å². The van der Waals surface area contributed by atoms with E-state index in [1.165, 1.54) is 11.8 Å². The van der Waals surface area contributed by atoms with Crippen LogP contribution in [-0.4, -0.2) is 35.3 Å². The number of ether oxygens (including phenoxy) is 1. The number of nitrogens with one attached hydrogen (secondary N) is 1. The highest BCUT2D eigenvalue weighted by molar-refractivity contribution is 7.99. The zero-order chi connectivity index (χ0) is 12.7. The van der Waals surface area contributed by atoms with Gasteiger partial charge in [0.05, 0.1) is 5.75 Å². The number of nitrogen functional groups attached to an aromatic ring is 1. The van der Waals surface area contributed by atoms with E-state index in [4.69, 9.17) is 10.5 Å². The van der Waals surface area contributed by atoms with E-state index < -0.39 is 0 Å². The lowest BCUT2D eigenvalue weighted by atomic mass is 10.5. The van der Waals surface area contributed by atoms with Crippen LogP contribution in [0, 0.1) is 0 Å². The Hall–Kier alpha value is -1.34. The maximum Gasteiger partial charge on any atom is 0.230 e. The summed E-state index contributed by atoms with van der Waals surface area (Å²) in [7, 11) is 1.56. The smallest absolute Gasteiger partial charge is 0.230 e. The van der Waals surface area contributed by atoms with Gasteiger partial charge in [0.1, 0.15) is 17.5 Å². The number of thioether (sulfide) groups is 1. The number of methoxy groups -OCH3 is 1. The number of amides is 1. The van der Waals surface area contributed by atoms with Crippen molar-refractivity contribution in [1.82, 2.24) is 15.3 Å². The van der Waals surface area contributed by atoms with E-state index in [0.717, 1.165) is 0 Å². The summed E-state index contributed by atoms with van der Waals surface area (Å²) in [5.74, 6) is 1.19. The highest BCUT2D eigenvalue weighted by Crippen LogP contribution is 2.17. The first-order valence-corrected chi connectivity index (χ1v) is 6.16. The van der Waals surface area contributed by atoms with Crippen LogP contribution in [0.1, 0.15) is 12.7 Å². The summed E-state index contributed by atoms with van der Waals surface area (Å²) >= 11 is 1.32. The van der Waals surface area contributed by atoms with E-state index in [0.29, 0.717) is 35.6 Å². The number of rotatable bonds is 6. The molecule has 0 unspecified atom stereocenters. The average Bonchev–Trinajstić information content (AvgIpc) is 2.26. The summed E-state index contributed by atoms with van der Waals surface area (Å²) in [6, 6.07) is 1.64. The summed E-state index contributed by atoms with van der Waals surface area (Å²) in [5, 5.41) is 3.39. The molecule has 0 radical (unpaired) electrons. The van der Waals surface area contributed by atoms with Crippen LogP contribution >= 0.6 is 11.8 Å². The molecule has 0 atom stereocenters. The Kier molecular flexibility index (Phi) is 5.71. The molecular weight excluding hydrogens is 240 g/mol. The molecule has 1 aromatic rings. The molecule has 0 aliphatic carbocycles. The van der Waals surface area contributed by atoms with Gasteiger partial charge in [0.25, 0.3) is 0 Å². The molecular formula is C10H16N4O2S. The lowest BCUT2D eigenvalue weighted by Crippen LogP contribution is -2.24. The van der Waals surface area contributed by atoms with Crippen molar-refractivity contribution in [3.8, 4) is 0 Å². The monoisotopic (exact) mass is 256 g/mol. The fourth-order valence-electron chi connectivity index (χ4n) is 1.15. The van der Waals surface area contributed by atoms with Gasteiger partial charge < -0.3 is 15.8 Å². The maximum atomic E-state index is 11.3. The number of anilines is 1. The van der Waals surface area contributed by atoms with Crippen molar-refractivity contribution in [2.75, 3.05) is 25.1 Å². The van der Waals surface area contributed by atoms with Crippen LogP contribution in [0.5, 0.6) is 0 Å². The molecule has 3 N–H and O–H groups in total. The predicted octanol–water partition coefficient (Wildman–Crippen LogP) is 0.433. The zero-order valence-electron chi connectivity index (χ0n) is 9.90. The zero-order valence-corrected chi connectivity index (χ0v) is 10.7. The Morgan fingerprint density at radius 2 is 2.35 bits per heavy atom. The third-order valence-corrected chi connectivity index (χ3v) is 2.68. The highest BCUT2D eigenvalue weighted by Gasteiger charge is 2.06. The van der Waals surface area contributed by atoms with Gasteiger partial charge in [-0.2, -0.15) is 0 Å². The molecule has 94 valence electrons. The molecule has 1 heterocycles. The van der Waals surface area contributed by atoms with Crippen molar-refractivity contribution in [2.24, 2.45) is 0 Å². The Bertz CT molecular complexity index is 387. The quantitative estimate of drug-likeness (QED) is 0.567. The number of nitrogens with zero attached hydrogens (tertiary/aromatic N) is 2. The van der Waals surface area contributed by atoms with Crippen molar-refractivity contribution >= 4 is 23.5 Å². The Balaban J connectivity index is 2.61. The number of carbonyl (C=O) groups excluding carboxylic acids is 1. The highest BCUT2D eigenvalue weighted by atomic mass is 32.2. The summed E-state index contributed by atoms with van der Waals surface area (Å²) < 4.78 is 4.93. The molecule has 0 spiro atoms. The summed E-state index contributed by atoms with van der Waals surface area (Å²) in [4.78, 5) is 19.5. The van der Waals surface area contributed by atoms with Gasteiger partial charge in [0.2, 0.25) is 5.91 Å². The molecule has 0 aliphatic heterocycles. The molecule has 0 saturated heterocycles. The van der Waals surface area contributed by atoms with Crippen molar-refractivity contribution in [1.29, 1.82) is 0 Å². The molecule has 0 bridgehead atoms. The van der Waals surface area contributed by atoms with E-state index in [-0.39, 0.29) is 5.91 Å². The first-order valence-electron chi connectivity index (χ1n) is 5.17. The van der Waals surface area contributed by atoms with Crippen molar-refractivity contribution in [3.63, 3.8) is 0 Å². The number of aromatic nitrogens is 2. The van der Waals surface area contributed by atoms with Crippen LogP contribution in [0.4, 0.5) is 5.82 Å². The van der Waals surface area contributed by atoms with Gasteiger partial charge in [-0.1, -0.05) is 11.8 Å². The van der Waals surface area contributed by atoms with E-state index in [1.807, 2.05) is 6.92 Å². The fraction of sp³-hybridized carbons (Fsp3) is 0.500. The summed E-state index contributed by atoms with van der Waals surface area (Å²) in [5.41, 5.74) is 5.63. The second kappa shape index (κ2) is 7.08. The second-order valence-electron chi connectivity index (χ2n) is 3.22. The Labute approximate surface area is 104 Å². The largest absolute Gasteiger partial charge is 0.384 e. The van der Waals surface area contributed by atoms with Gasteiger partial charge in [-0.15, -0.1) is 0 Å². The standard InChI is InChI=1S/C10H16N4O2S/c1-3-12-9(15)6-17-10-4-7(11)13-8(14-10)5-16-2/h4H,3,5-6H2,1-2H3,(H,12,15)(H2,11,13,14). The first-order chi connectivity index (χ1) is 8.15. The normalized spacial score (nSPS) is 10.2. The molecule has 17 heavy (non-hydrogen) atoms. The van der Waals surface area contributed by atoms with Gasteiger partial charge >= 0.3 is 0 Å². The SMILES string of the molecule is CCNC(=O)CSc1cc(N)nc(COC)n1. The third kappa shape index (κ3) is 5.01. The summed E-state index contributed by atoms with van der Waals surface area (Å²) in [6.07, 6.45) is 0. The van der Waals surface area contributed by atoms with E-state index in [9.17, 15) is 4.79 Å². The van der Waals surface area contributed by atoms with Gasteiger partial charge in [0.15, 0.2) is 5.82 Å². The van der Waals surface area contributed by atoms with Crippen LogP contribution in [-0.2, 0) is 16.1 Å². The first kappa shape index (κ1) is 13.7. The van der Waals surface area contributed by atoms with Crippen LogP contribution in [0.3, 0.4) is 0 Å². The number of hydrogen-bond donors (Lipinski definition) is 2. The van der Waals surface area contributed by atoms with E-state index in [1.54, 1.807) is 13.2 Å². The number of nitrogens with two attached hydrogens (primary N) is 1. The minimum Gasteiger partial charge on any atom is -0.384 e. The Morgan fingerprint density at radius 1 is 1.59 bits per heavy atom. The summed E-state index contributed by atoms with van der Waals surface area (Å²) in [6.45, 7) is 2.81. The molecule has 1 rings (SSSR count). The van der Waals surface area contributed by atoms with Crippen LogP contribution in [0.15, 0.2) is 11.1 Å². The van der Waals surface area contributed by atoms with Crippen molar-refractivity contribution in [2.45, 2.75) is 18.6 Å². The Morgan fingerprint density at radius 3 is 3.00 bits per heavy atom. The van der Waals surface area contributed by atoms with Crippen molar-refractivity contribution < 1.29 is 9.53 Å². The maximum absolute atomic E-state index is 11.3. The topological polar surface area (TPSA) is 90.1 Å². The molecule has 0 aliphatic rings. The third-order valence-electron chi connectivity index (χ3n) is 1.77.